The lowest BCUT2D eigenvalue weighted by Gasteiger charge is -2.22. The standard InChI is InChI=1S/C15H21N3O2/c16-14(19)11-6-12(15(17)20)8-13(7-11)18-9-10-4-2-1-3-5-10/h6-8,10,18H,1-5,9H2,(H2,16,19)(H2,17,20). The van der Waals surface area contributed by atoms with E-state index in [1.165, 1.54) is 38.2 Å². The third-order valence-electron chi connectivity index (χ3n) is 3.82. The van der Waals surface area contributed by atoms with Crippen LogP contribution in [-0.4, -0.2) is 18.4 Å². The first kappa shape index (κ1) is 14.4. The highest BCUT2D eigenvalue weighted by atomic mass is 16.1. The molecule has 0 saturated heterocycles. The third kappa shape index (κ3) is 3.73. The number of carbonyl (C=O) groups is 2. The molecule has 0 atom stereocenters. The van der Waals surface area contributed by atoms with E-state index in [1.54, 1.807) is 12.1 Å². The van der Waals surface area contributed by atoms with Gasteiger partial charge in [0.05, 0.1) is 0 Å². The van der Waals surface area contributed by atoms with Crippen molar-refractivity contribution in [3.63, 3.8) is 0 Å². The lowest BCUT2D eigenvalue weighted by molar-refractivity contribution is 0.0999. The molecule has 5 N–H and O–H groups in total. The molecule has 0 aliphatic heterocycles. The maximum Gasteiger partial charge on any atom is 0.248 e. The molecule has 0 radical (unpaired) electrons. The number of nitrogens with one attached hydrogen (secondary N) is 1. The van der Waals surface area contributed by atoms with Gasteiger partial charge in [-0.05, 0) is 37.0 Å². The van der Waals surface area contributed by atoms with E-state index in [0.29, 0.717) is 17.0 Å². The largest absolute Gasteiger partial charge is 0.385 e. The molecule has 5 nitrogen and oxygen atoms in total. The minimum Gasteiger partial charge on any atom is -0.385 e. The van der Waals surface area contributed by atoms with Crippen LogP contribution in [0.2, 0.25) is 0 Å². The third-order valence-corrected chi connectivity index (χ3v) is 3.82. The zero-order valence-electron chi connectivity index (χ0n) is 11.5. The van der Waals surface area contributed by atoms with Crippen LogP contribution in [0, 0.1) is 5.92 Å². The van der Waals surface area contributed by atoms with Crippen molar-refractivity contribution in [2.75, 3.05) is 11.9 Å². The lowest BCUT2D eigenvalue weighted by Crippen LogP contribution is -2.19. The molecule has 0 unspecified atom stereocenters. The van der Waals surface area contributed by atoms with Crippen molar-refractivity contribution in [3.8, 4) is 0 Å². The smallest absolute Gasteiger partial charge is 0.248 e. The Morgan fingerprint density at radius 1 is 1.00 bits per heavy atom. The van der Waals surface area contributed by atoms with Crippen LogP contribution in [0.25, 0.3) is 0 Å². The Morgan fingerprint density at radius 3 is 2.05 bits per heavy atom. The summed E-state index contributed by atoms with van der Waals surface area (Å²) in [6, 6.07) is 4.76. The first-order chi connectivity index (χ1) is 9.56. The molecule has 0 heterocycles. The Bertz CT molecular complexity index is 476. The van der Waals surface area contributed by atoms with Crippen molar-refractivity contribution in [1.29, 1.82) is 0 Å². The first-order valence-corrected chi connectivity index (χ1v) is 7.05. The minimum atomic E-state index is -0.561. The van der Waals surface area contributed by atoms with Gasteiger partial charge in [0.25, 0.3) is 0 Å². The molecule has 1 aliphatic rings. The van der Waals surface area contributed by atoms with Crippen molar-refractivity contribution in [2.24, 2.45) is 17.4 Å². The molecule has 5 heteroatoms. The second-order valence-corrected chi connectivity index (χ2v) is 5.41. The van der Waals surface area contributed by atoms with Gasteiger partial charge in [-0.2, -0.15) is 0 Å². The van der Waals surface area contributed by atoms with E-state index >= 15 is 0 Å². The van der Waals surface area contributed by atoms with Crippen LogP contribution in [-0.2, 0) is 0 Å². The first-order valence-electron chi connectivity index (χ1n) is 7.05. The number of carbonyl (C=O) groups excluding carboxylic acids is 2. The van der Waals surface area contributed by atoms with Gasteiger partial charge < -0.3 is 16.8 Å². The summed E-state index contributed by atoms with van der Waals surface area (Å²) >= 11 is 0. The van der Waals surface area contributed by atoms with Crippen LogP contribution in [0.4, 0.5) is 5.69 Å². The molecule has 0 aromatic heterocycles. The van der Waals surface area contributed by atoms with E-state index in [1.807, 2.05) is 0 Å². The Kier molecular flexibility index (Phi) is 4.61. The molecule has 1 aliphatic carbocycles. The number of anilines is 1. The number of nitrogens with two attached hydrogens (primary N) is 2. The zero-order chi connectivity index (χ0) is 14.5. The average molecular weight is 275 g/mol. The molecule has 1 aromatic carbocycles. The van der Waals surface area contributed by atoms with Crippen molar-refractivity contribution in [1.82, 2.24) is 0 Å². The molecule has 2 amide bonds. The summed E-state index contributed by atoms with van der Waals surface area (Å²) in [5, 5.41) is 3.29. The van der Waals surface area contributed by atoms with Gasteiger partial charge in [-0.1, -0.05) is 19.3 Å². The highest BCUT2D eigenvalue weighted by molar-refractivity contribution is 5.99. The number of benzene rings is 1. The van der Waals surface area contributed by atoms with Crippen molar-refractivity contribution >= 4 is 17.5 Å². The summed E-state index contributed by atoms with van der Waals surface area (Å²) in [5.74, 6) is -0.472. The quantitative estimate of drug-likeness (QED) is 0.765. The van der Waals surface area contributed by atoms with Gasteiger partial charge in [0, 0.05) is 23.4 Å². The van der Waals surface area contributed by atoms with Gasteiger partial charge in [-0.25, -0.2) is 0 Å². The SMILES string of the molecule is NC(=O)c1cc(NCC2CCCCC2)cc(C(N)=O)c1. The van der Waals surface area contributed by atoms with Crippen molar-refractivity contribution in [2.45, 2.75) is 32.1 Å². The minimum absolute atomic E-state index is 0.299. The molecule has 1 saturated carbocycles. The van der Waals surface area contributed by atoms with Crippen molar-refractivity contribution < 1.29 is 9.59 Å². The lowest BCUT2D eigenvalue weighted by atomic mass is 9.89. The summed E-state index contributed by atoms with van der Waals surface area (Å²) in [4.78, 5) is 22.6. The number of hydrogen-bond donors (Lipinski definition) is 3. The average Bonchev–Trinajstić information content (AvgIpc) is 2.45. The van der Waals surface area contributed by atoms with E-state index in [9.17, 15) is 9.59 Å². The van der Waals surface area contributed by atoms with Gasteiger partial charge >= 0.3 is 0 Å². The predicted octanol–water partition coefficient (Wildman–Crippen LogP) is 1.88. The monoisotopic (exact) mass is 275 g/mol. The normalized spacial score (nSPS) is 15.8. The fourth-order valence-electron chi connectivity index (χ4n) is 2.67. The van der Waals surface area contributed by atoms with Gasteiger partial charge in [0.1, 0.15) is 0 Å². The van der Waals surface area contributed by atoms with E-state index in [0.717, 1.165) is 12.2 Å². The maximum absolute atomic E-state index is 11.3. The highest BCUT2D eigenvalue weighted by Crippen LogP contribution is 2.24. The number of primary amides is 2. The van der Waals surface area contributed by atoms with E-state index in [2.05, 4.69) is 5.32 Å². The van der Waals surface area contributed by atoms with Crippen LogP contribution in [0.3, 0.4) is 0 Å². The van der Waals surface area contributed by atoms with Gasteiger partial charge in [0.15, 0.2) is 0 Å². The summed E-state index contributed by atoms with van der Waals surface area (Å²) in [6.07, 6.45) is 6.33. The Morgan fingerprint density at radius 2 is 1.55 bits per heavy atom. The molecular weight excluding hydrogens is 254 g/mol. The molecule has 0 bridgehead atoms. The topological polar surface area (TPSA) is 98.2 Å². The maximum atomic E-state index is 11.3. The Balaban J connectivity index is 2.09. The van der Waals surface area contributed by atoms with Crippen LogP contribution >= 0.6 is 0 Å². The zero-order valence-corrected chi connectivity index (χ0v) is 11.5. The van der Waals surface area contributed by atoms with Crippen LogP contribution in [0.5, 0.6) is 0 Å². The predicted molar refractivity (Wildman–Crippen MR) is 78.5 cm³/mol. The van der Waals surface area contributed by atoms with E-state index in [-0.39, 0.29) is 0 Å². The molecular formula is C15H21N3O2. The van der Waals surface area contributed by atoms with Gasteiger partial charge in [0.2, 0.25) is 11.8 Å². The number of amides is 2. The Hall–Kier alpha value is -2.04. The van der Waals surface area contributed by atoms with Crippen LogP contribution < -0.4 is 16.8 Å². The second kappa shape index (κ2) is 6.41. The van der Waals surface area contributed by atoms with Crippen LogP contribution in [0.1, 0.15) is 52.8 Å². The fraction of sp³-hybridized carbons (Fsp3) is 0.467. The molecule has 108 valence electrons. The number of hydrogen-bond acceptors (Lipinski definition) is 3. The number of rotatable bonds is 5. The van der Waals surface area contributed by atoms with Gasteiger partial charge in [-0.3, -0.25) is 9.59 Å². The van der Waals surface area contributed by atoms with E-state index in [4.69, 9.17) is 11.5 Å². The molecule has 1 fully saturated rings. The molecule has 1 aromatic rings. The fourth-order valence-corrected chi connectivity index (χ4v) is 2.67. The summed E-state index contributed by atoms with van der Waals surface area (Å²) in [7, 11) is 0. The highest BCUT2D eigenvalue weighted by Gasteiger charge is 2.14. The summed E-state index contributed by atoms with van der Waals surface area (Å²) in [5.41, 5.74) is 11.9. The summed E-state index contributed by atoms with van der Waals surface area (Å²) in [6.45, 7) is 0.848. The molecule has 20 heavy (non-hydrogen) atoms. The van der Waals surface area contributed by atoms with Crippen LogP contribution in [0.15, 0.2) is 18.2 Å². The van der Waals surface area contributed by atoms with Gasteiger partial charge in [-0.15, -0.1) is 0 Å². The second-order valence-electron chi connectivity index (χ2n) is 5.41. The molecule has 2 rings (SSSR count). The van der Waals surface area contributed by atoms with E-state index < -0.39 is 11.8 Å². The van der Waals surface area contributed by atoms with Crippen molar-refractivity contribution in [3.05, 3.63) is 29.3 Å². The molecule has 0 spiro atoms. The Labute approximate surface area is 118 Å². The summed E-state index contributed by atoms with van der Waals surface area (Å²) < 4.78 is 0.